The van der Waals surface area contributed by atoms with Crippen LogP contribution in [0, 0.1) is 0 Å². The number of aliphatic hydroxyl groups is 1. The monoisotopic (exact) mass is 381 g/mol. The van der Waals surface area contributed by atoms with Crippen LogP contribution in [0.4, 0.5) is 5.69 Å². The second-order valence-electron chi connectivity index (χ2n) is 7.30. The van der Waals surface area contributed by atoms with Crippen molar-refractivity contribution in [3.8, 4) is 0 Å². The smallest absolute Gasteiger partial charge is 0.250 e. The summed E-state index contributed by atoms with van der Waals surface area (Å²) in [5, 5.41) is 13.6. The Balaban J connectivity index is 1.43. The molecule has 4 N–H and O–H groups in total. The number of nitrogens with one attached hydrogen (secondary N) is 1. The summed E-state index contributed by atoms with van der Waals surface area (Å²) in [5.74, 6) is -0.693. The van der Waals surface area contributed by atoms with Crippen molar-refractivity contribution in [3.63, 3.8) is 0 Å². The molecule has 28 heavy (non-hydrogen) atoms. The fourth-order valence-corrected chi connectivity index (χ4v) is 3.67. The van der Waals surface area contributed by atoms with Crippen LogP contribution in [0.3, 0.4) is 0 Å². The number of hydrogen-bond donors (Lipinski definition) is 3. The van der Waals surface area contributed by atoms with Crippen molar-refractivity contribution in [1.82, 2.24) is 4.90 Å². The van der Waals surface area contributed by atoms with Crippen molar-refractivity contribution in [2.75, 3.05) is 25.0 Å². The lowest BCUT2D eigenvalue weighted by molar-refractivity contribution is -0.116. The maximum absolute atomic E-state index is 12.2. The van der Waals surface area contributed by atoms with Crippen molar-refractivity contribution in [3.05, 3.63) is 65.7 Å². The Morgan fingerprint density at radius 1 is 1.04 bits per heavy atom. The van der Waals surface area contributed by atoms with Crippen molar-refractivity contribution >= 4 is 17.5 Å². The van der Waals surface area contributed by atoms with Crippen LogP contribution < -0.4 is 11.1 Å². The fourth-order valence-electron chi connectivity index (χ4n) is 3.67. The first-order valence-electron chi connectivity index (χ1n) is 9.67. The third-order valence-electron chi connectivity index (χ3n) is 5.34. The number of primary amides is 1. The van der Waals surface area contributed by atoms with E-state index in [1.54, 1.807) is 24.3 Å². The zero-order chi connectivity index (χ0) is 20.0. The summed E-state index contributed by atoms with van der Waals surface area (Å²) in [6.07, 6.45) is 2.46. The number of carbonyl (C=O) groups is 2. The van der Waals surface area contributed by atoms with E-state index in [2.05, 4.69) is 10.2 Å². The molecule has 6 nitrogen and oxygen atoms in total. The molecule has 0 aromatic heterocycles. The van der Waals surface area contributed by atoms with Crippen molar-refractivity contribution in [2.45, 2.75) is 31.3 Å². The summed E-state index contributed by atoms with van der Waals surface area (Å²) in [6, 6.07) is 16.5. The van der Waals surface area contributed by atoms with E-state index in [0.717, 1.165) is 25.2 Å². The van der Waals surface area contributed by atoms with E-state index in [-0.39, 0.29) is 5.91 Å². The minimum absolute atomic E-state index is 0.133. The van der Waals surface area contributed by atoms with Gasteiger partial charge >= 0.3 is 0 Å². The van der Waals surface area contributed by atoms with Gasteiger partial charge in [0.05, 0.1) is 16.9 Å². The maximum atomic E-state index is 12.2. The third-order valence-corrected chi connectivity index (χ3v) is 5.34. The Morgan fingerprint density at radius 2 is 1.68 bits per heavy atom. The Labute approximate surface area is 165 Å². The SMILES string of the molecule is NC(=O)c1ccccc1NC(=O)CCCN1CCC(O)(c2ccccc2)CC1. The van der Waals surface area contributed by atoms with Gasteiger partial charge in [0.2, 0.25) is 5.91 Å². The van der Waals surface area contributed by atoms with E-state index >= 15 is 0 Å². The lowest BCUT2D eigenvalue weighted by Crippen LogP contribution is -2.43. The molecule has 1 aliphatic rings. The summed E-state index contributed by atoms with van der Waals surface area (Å²) in [7, 11) is 0. The molecule has 6 heteroatoms. The number of nitrogens with zero attached hydrogens (tertiary/aromatic N) is 1. The van der Waals surface area contributed by atoms with Gasteiger partial charge in [-0.05, 0) is 43.5 Å². The number of likely N-dealkylation sites (tertiary alicyclic amines) is 1. The van der Waals surface area contributed by atoms with Crippen LogP contribution >= 0.6 is 0 Å². The highest BCUT2D eigenvalue weighted by atomic mass is 16.3. The molecule has 1 saturated heterocycles. The van der Waals surface area contributed by atoms with Crippen LogP contribution in [-0.2, 0) is 10.4 Å². The number of rotatable bonds is 7. The van der Waals surface area contributed by atoms with E-state index in [4.69, 9.17) is 5.73 Å². The number of piperidine rings is 1. The lowest BCUT2D eigenvalue weighted by atomic mass is 9.84. The third kappa shape index (κ3) is 4.97. The van der Waals surface area contributed by atoms with Gasteiger partial charge in [0, 0.05) is 19.5 Å². The van der Waals surface area contributed by atoms with Crippen molar-refractivity contribution < 1.29 is 14.7 Å². The molecule has 2 amide bonds. The zero-order valence-electron chi connectivity index (χ0n) is 15.9. The van der Waals surface area contributed by atoms with E-state index < -0.39 is 11.5 Å². The first kappa shape index (κ1) is 20.0. The molecule has 1 heterocycles. The minimum atomic E-state index is -0.756. The number of carbonyl (C=O) groups excluding carboxylic acids is 2. The van der Waals surface area contributed by atoms with Crippen molar-refractivity contribution in [1.29, 1.82) is 0 Å². The van der Waals surface area contributed by atoms with E-state index in [0.29, 0.717) is 36.9 Å². The van der Waals surface area contributed by atoms with Crippen LogP contribution in [-0.4, -0.2) is 41.5 Å². The van der Waals surface area contributed by atoms with Crippen LogP contribution in [0.1, 0.15) is 41.6 Å². The molecule has 0 atom stereocenters. The van der Waals surface area contributed by atoms with Gasteiger partial charge in [-0.15, -0.1) is 0 Å². The molecule has 1 fully saturated rings. The van der Waals surface area contributed by atoms with Gasteiger partial charge in [-0.2, -0.15) is 0 Å². The molecule has 148 valence electrons. The molecule has 2 aromatic rings. The molecule has 0 spiro atoms. The summed E-state index contributed by atoms with van der Waals surface area (Å²) >= 11 is 0. The second kappa shape index (κ2) is 8.99. The number of benzene rings is 2. The number of anilines is 1. The van der Waals surface area contributed by atoms with Crippen LogP contribution in [0.25, 0.3) is 0 Å². The summed E-state index contributed by atoms with van der Waals surface area (Å²) < 4.78 is 0. The quantitative estimate of drug-likeness (QED) is 0.687. The number of para-hydroxylation sites is 1. The van der Waals surface area contributed by atoms with Crippen LogP contribution in [0.2, 0.25) is 0 Å². The van der Waals surface area contributed by atoms with Gasteiger partial charge in [0.1, 0.15) is 0 Å². The Bertz CT molecular complexity index is 815. The Hall–Kier alpha value is -2.70. The minimum Gasteiger partial charge on any atom is -0.385 e. The highest BCUT2D eigenvalue weighted by Crippen LogP contribution is 2.32. The predicted octanol–water partition coefficient (Wildman–Crippen LogP) is 2.49. The van der Waals surface area contributed by atoms with Gasteiger partial charge in [-0.1, -0.05) is 42.5 Å². The first-order valence-corrected chi connectivity index (χ1v) is 9.67. The van der Waals surface area contributed by atoms with Gasteiger partial charge < -0.3 is 21.1 Å². The molecule has 0 unspecified atom stereocenters. The summed E-state index contributed by atoms with van der Waals surface area (Å²) in [4.78, 5) is 25.9. The average Bonchev–Trinajstić information content (AvgIpc) is 2.70. The standard InChI is InChI=1S/C22H27N3O3/c23-21(27)18-9-4-5-10-19(18)24-20(26)11-6-14-25-15-12-22(28,13-16-25)17-7-2-1-3-8-17/h1-5,7-10,28H,6,11-16H2,(H2,23,27)(H,24,26). The molecule has 3 rings (SSSR count). The topological polar surface area (TPSA) is 95.7 Å². The van der Waals surface area contributed by atoms with Crippen LogP contribution in [0.15, 0.2) is 54.6 Å². The largest absolute Gasteiger partial charge is 0.385 e. The van der Waals surface area contributed by atoms with Gasteiger partial charge in [0.15, 0.2) is 0 Å². The van der Waals surface area contributed by atoms with E-state index in [1.807, 2.05) is 30.3 Å². The van der Waals surface area contributed by atoms with Crippen LogP contribution in [0.5, 0.6) is 0 Å². The molecule has 2 aromatic carbocycles. The van der Waals surface area contributed by atoms with E-state index in [9.17, 15) is 14.7 Å². The maximum Gasteiger partial charge on any atom is 0.250 e. The number of amides is 2. The van der Waals surface area contributed by atoms with Gasteiger partial charge in [-0.25, -0.2) is 0 Å². The molecular weight excluding hydrogens is 354 g/mol. The summed E-state index contributed by atoms with van der Waals surface area (Å²) in [6.45, 7) is 2.41. The number of hydrogen-bond acceptors (Lipinski definition) is 4. The Morgan fingerprint density at radius 3 is 2.36 bits per heavy atom. The van der Waals surface area contributed by atoms with Gasteiger partial charge in [-0.3, -0.25) is 9.59 Å². The predicted molar refractivity (Wildman–Crippen MR) is 109 cm³/mol. The molecule has 0 saturated carbocycles. The lowest BCUT2D eigenvalue weighted by Gasteiger charge is -2.38. The molecule has 0 radical (unpaired) electrons. The highest BCUT2D eigenvalue weighted by molar-refractivity contribution is 6.02. The fraction of sp³-hybridized carbons (Fsp3) is 0.364. The highest BCUT2D eigenvalue weighted by Gasteiger charge is 2.33. The number of nitrogens with two attached hydrogens (primary N) is 1. The molecular formula is C22H27N3O3. The average molecular weight is 381 g/mol. The van der Waals surface area contributed by atoms with Gasteiger partial charge in [0.25, 0.3) is 5.91 Å². The van der Waals surface area contributed by atoms with E-state index in [1.165, 1.54) is 0 Å². The summed E-state index contributed by atoms with van der Waals surface area (Å²) in [5.41, 5.74) is 6.31. The molecule has 1 aliphatic heterocycles. The van der Waals surface area contributed by atoms with Crippen molar-refractivity contribution in [2.24, 2.45) is 5.73 Å². The normalized spacial score (nSPS) is 16.5. The zero-order valence-corrected chi connectivity index (χ0v) is 15.9. The first-order chi connectivity index (χ1) is 13.5. The Kier molecular flexibility index (Phi) is 6.44. The molecule has 0 aliphatic carbocycles. The second-order valence-corrected chi connectivity index (χ2v) is 7.30. The molecule has 0 bridgehead atoms.